The second-order valence-electron chi connectivity index (χ2n) is 5.91. The smallest absolute Gasteiger partial charge is 0.257 e. The molecule has 1 saturated heterocycles. The van der Waals surface area contributed by atoms with Crippen molar-refractivity contribution in [3.8, 4) is 0 Å². The van der Waals surface area contributed by atoms with Gasteiger partial charge in [0.1, 0.15) is 5.82 Å². The summed E-state index contributed by atoms with van der Waals surface area (Å²) in [5.41, 5.74) is 0.424. The minimum absolute atomic E-state index is 0.266. The monoisotopic (exact) mass is 333 g/mol. The molecule has 0 radical (unpaired) electrons. The van der Waals surface area contributed by atoms with Gasteiger partial charge in [0.2, 0.25) is 0 Å². The number of hydrogen-bond donors (Lipinski definition) is 1. The molecule has 0 aliphatic carbocycles. The molecule has 6 heteroatoms. The fourth-order valence-corrected chi connectivity index (χ4v) is 3.63. The summed E-state index contributed by atoms with van der Waals surface area (Å²) in [6, 6.07) is 6.09. The van der Waals surface area contributed by atoms with Crippen molar-refractivity contribution >= 4 is 22.4 Å². The lowest BCUT2D eigenvalue weighted by atomic mass is 10.0. The maximum atomic E-state index is 12.9. The van der Waals surface area contributed by atoms with E-state index in [9.17, 15) is 9.18 Å². The zero-order valence-electron chi connectivity index (χ0n) is 13.1. The number of carbonyl (C=O) groups excluding carboxylic acids is 1. The van der Waals surface area contributed by atoms with Crippen LogP contribution in [0.25, 0.3) is 0 Å². The van der Waals surface area contributed by atoms with E-state index in [0.717, 1.165) is 18.0 Å². The van der Waals surface area contributed by atoms with Crippen molar-refractivity contribution in [2.24, 2.45) is 0 Å². The van der Waals surface area contributed by atoms with E-state index in [1.54, 1.807) is 0 Å². The predicted octanol–water partition coefficient (Wildman–Crippen LogP) is 3.91. The highest BCUT2D eigenvalue weighted by atomic mass is 32.1. The molecule has 0 bridgehead atoms. The van der Waals surface area contributed by atoms with Crippen LogP contribution in [0.5, 0.6) is 0 Å². The van der Waals surface area contributed by atoms with Gasteiger partial charge in [0.25, 0.3) is 5.91 Å². The molecule has 1 aliphatic heterocycles. The number of carbonyl (C=O) groups is 1. The molecule has 23 heavy (non-hydrogen) atoms. The van der Waals surface area contributed by atoms with E-state index in [1.807, 2.05) is 6.20 Å². The summed E-state index contributed by atoms with van der Waals surface area (Å²) in [4.78, 5) is 20.0. The van der Waals surface area contributed by atoms with Gasteiger partial charge in [-0.2, -0.15) is 0 Å². The van der Waals surface area contributed by atoms with Gasteiger partial charge >= 0.3 is 0 Å². The number of anilines is 1. The van der Waals surface area contributed by atoms with Crippen molar-refractivity contribution in [1.29, 1.82) is 0 Å². The van der Waals surface area contributed by atoms with E-state index < -0.39 is 0 Å². The molecule has 1 aromatic heterocycles. The van der Waals surface area contributed by atoms with Crippen LogP contribution in [-0.2, 0) is 6.54 Å². The third kappa shape index (κ3) is 4.14. The van der Waals surface area contributed by atoms with Crippen LogP contribution in [0.3, 0.4) is 0 Å². The van der Waals surface area contributed by atoms with E-state index in [-0.39, 0.29) is 11.7 Å². The van der Waals surface area contributed by atoms with E-state index in [1.165, 1.54) is 54.9 Å². The lowest BCUT2D eigenvalue weighted by Gasteiger charge is -2.32. The Kier molecular flexibility index (Phi) is 5.03. The summed E-state index contributed by atoms with van der Waals surface area (Å²) < 4.78 is 12.9. The highest BCUT2D eigenvalue weighted by molar-refractivity contribution is 7.15. The first-order valence-electron chi connectivity index (χ1n) is 7.87. The standard InChI is InChI=1S/C17H20FN3OS/c1-12-4-2-3-9-21(12)11-15-10-19-17(23-15)20-16(22)13-5-7-14(18)8-6-13/h5-8,10,12H,2-4,9,11H2,1H3,(H,19,20,22). The van der Waals surface area contributed by atoms with Gasteiger partial charge in [0, 0.05) is 29.2 Å². The van der Waals surface area contributed by atoms with Crippen LogP contribution in [0.4, 0.5) is 9.52 Å². The summed E-state index contributed by atoms with van der Waals surface area (Å²) in [6.07, 6.45) is 5.62. The maximum Gasteiger partial charge on any atom is 0.257 e. The van der Waals surface area contributed by atoms with Crippen molar-refractivity contribution in [2.45, 2.75) is 38.8 Å². The summed E-state index contributed by atoms with van der Waals surface area (Å²) in [7, 11) is 0. The molecule has 0 spiro atoms. The highest BCUT2D eigenvalue weighted by Gasteiger charge is 2.19. The SMILES string of the molecule is CC1CCCCN1Cc1cnc(NC(=O)c2ccc(F)cc2)s1. The van der Waals surface area contributed by atoms with Crippen LogP contribution in [0, 0.1) is 5.82 Å². The van der Waals surface area contributed by atoms with E-state index in [0.29, 0.717) is 16.7 Å². The van der Waals surface area contributed by atoms with E-state index in [4.69, 9.17) is 0 Å². The third-order valence-corrected chi connectivity index (χ3v) is 5.08. The van der Waals surface area contributed by atoms with Crippen LogP contribution in [0.1, 0.15) is 41.4 Å². The number of nitrogens with zero attached hydrogens (tertiary/aromatic N) is 2. The van der Waals surface area contributed by atoms with E-state index >= 15 is 0 Å². The Balaban J connectivity index is 1.60. The topological polar surface area (TPSA) is 45.2 Å². The van der Waals surface area contributed by atoms with Gasteiger partial charge in [0.15, 0.2) is 5.13 Å². The first-order valence-corrected chi connectivity index (χ1v) is 8.69. The molecule has 3 rings (SSSR count). The Labute approximate surface area is 139 Å². The largest absolute Gasteiger partial charge is 0.298 e. The highest BCUT2D eigenvalue weighted by Crippen LogP contribution is 2.24. The lowest BCUT2D eigenvalue weighted by molar-refractivity contribution is 0.102. The number of aromatic nitrogens is 1. The van der Waals surface area contributed by atoms with Crippen LogP contribution in [-0.4, -0.2) is 28.4 Å². The Hall–Kier alpha value is -1.79. The molecule has 2 heterocycles. The average Bonchev–Trinajstić information content (AvgIpc) is 2.97. The first kappa shape index (κ1) is 16.1. The van der Waals surface area contributed by atoms with Crippen molar-refractivity contribution < 1.29 is 9.18 Å². The Morgan fingerprint density at radius 1 is 1.39 bits per heavy atom. The summed E-state index contributed by atoms with van der Waals surface area (Å²) >= 11 is 1.50. The van der Waals surface area contributed by atoms with Gasteiger partial charge in [-0.25, -0.2) is 9.37 Å². The molecule has 2 aromatic rings. The number of piperidine rings is 1. The van der Waals surface area contributed by atoms with Gasteiger partial charge in [-0.15, -0.1) is 11.3 Å². The minimum Gasteiger partial charge on any atom is -0.298 e. The average molecular weight is 333 g/mol. The molecule has 1 unspecified atom stereocenters. The molecular weight excluding hydrogens is 313 g/mol. The van der Waals surface area contributed by atoms with Gasteiger partial charge in [-0.1, -0.05) is 6.42 Å². The van der Waals surface area contributed by atoms with Crippen LogP contribution < -0.4 is 5.32 Å². The predicted molar refractivity (Wildman–Crippen MR) is 90.2 cm³/mol. The molecule has 0 saturated carbocycles. The molecule has 122 valence electrons. The van der Waals surface area contributed by atoms with Gasteiger partial charge in [-0.05, 0) is 50.6 Å². The van der Waals surface area contributed by atoms with Gasteiger partial charge in [0.05, 0.1) is 0 Å². The third-order valence-electron chi connectivity index (χ3n) is 4.18. The number of nitrogens with one attached hydrogen (secondary N) is 1. The number of thiazole rings is 1. The Morgan fingerprint density at radius 3 is 2.91 bits per heavy atom. The number of benzene rings is 1. The van der Waals surface area contributed by atoms with Crippen LogP contribution in [0.2, 0.25) is 0 Å². The lowest BCUT2D eigenvalue weighted by Crippen LogP contribution is -2.36. The molecule has 4 nitrogen and oxygen atoms in total. The first-order chi connectivity index (χ1) is 11.1. The summed E-state index contributed by atoms with van der Waals surface area (Å²) in [6.45, 7) is 4.26. The fourth-order valence-electron chi connectivity index (χ4n) is 2.80. The number of amides is 1. The zero-order chi connectivity index (χ0) is 16.2. The van der Waals surface area contributed by atoms with Crippen molar-refractivity contribution in [3.63, 3.8) is 0 Å². The molecule has 1 aromatic carbocycles. The van der Waals surface area contributed by atoms with Crippen molar-refractivity contribution in [3.05, 3.63) is 46.7 Å². The van der Waals surface area contributed by atoms with Gasteiger partial charge < -0.3 is 0 Å². The molecule has 1 aliphatic rings. The maximum absolute atomic E-state index is 12.9. The summed E-state index contributed by atoms with van der Waals surface area (Å²) in [5, 5.41) is 3.36. The Morgan fingerprint density at radius 2 is 2.17 bits per heavy atom. The van der Waals surface area contributed by atoms with E-state index in [2.05, 4.69) is 22.1 Å². The number of hydrogen-bond acceptors (Lipinski definition) is 4. The normalized spacial score (nSPS) is 18.8. The fraction of sp³-hybridized carbons (Fsp3) is 0.412. The second-order valence-corrected chi connectivity index (χ2v) is 7.02. The molecule has 1 fully saturated rings. The molecular formula is C17H20FN3OS. The summed E-state index contributed by atoms with van der Waals surface area (Å²) in [5.74, 6) is -0.619. The minimum atomic E-state index is -0.353. The second kappa shape index (κ2) is 7.19. The zero-order valence-corrected chi connectivity index (χ0v) is 13.9. The Bertz CT molecular complexity index is 671. The van der Waals surface area contributed by atoms with Crippen molar-refractivity contribution in [2.75, 3.05) is 11.9 Å². The molecule has 1 atom stereocenters. The van der Waals surface area contributed by atoms with Gasteiger partial charge in [-0.3, -0.25) is 15.0 Å². The van der Waals surface area contributed by atoms with Crippen molar-refractivity contribution in [1.82, 2.24) is 9.88 Å². The number of likely N-dealkylation sites (tertiary alicyclic amines) is 1. The quantitative estimate of drug-likeness (QED) is 0.923. The van der Waals surface area contributed by atoms with Crippen LogP contribution >= 0.6 is 11.3 Å². The van der Waals surface area contributed by atoms with Crippen LogP contribution in [0.15, 0.2) is 30.5 Å². The number of rotatable bonds is 4. The molecule has 1 amide bonds. The number of halogens is 1. The molecule has 1 N–H and O–H groups in total.